The van der Waals surface area contributed by atoms with E-state index in [1.165, 1.54) is 6.07 Å². The molecule has 1 aliphatic rings. The highest BCUT2D eigenvalue weighted by Crippen LogP contribution is 2.48. The maximum absolute atomic E-state index is 13.4. The van der Waals surface area contributed by atoms with E-state index in [2.05, 4.69) is 0 Å². The summed E-state index contributed by atoms with van der Waals surface area (Å²) in [5.41, 5.74) is 6.28. The summed E-state index contributed by atoms with van der Waals surface area (Å²) in [6.07, 6.45) is 1.00. The topological polar surface area (TPSA) is 35.2 Å². The minimum absolute atomic E-state index is 0.147. The number of rotatable bonds is 3. The summed E-state index contributed by atoms with van der Waals surface area (Å²) in [5.74, 6) is 1.32. The van der Waals surface area contributed by atoms with E-state index in [9.17, 15) is 4.39 Å². The molecular formula is C11H14FNO. The van der Waals surface area contributed by atoms with E-state index in [0.717, 1.165) is 12.0 Å². The van der Waals surface area contributed by atoms with Crippen LogP contribution in [0.25, 0.3) is 0 Å². The van der Waals surface area contributed by atoms with Crippen LogP contribution >= 0.6 is 0 Å². The van der Waals surface area contributed by atoms with Gasteiger partial charge in [-0.15, -0.1) is 0 Å². The SMILES string of the molecule is COc1ccc(F)c([C@@H]2C[C@H]2CN)c1. The third-order valence-electron chi connectivity index (χ3n) is 2.83. The summed E-state index contributed by atoms with van der Waals surface area (Å²) in [6, 6.07) is 4.87. The number of benzene rings is 1. The van der Waals surface area contributed by atoms with Crippen molar-refractivity contribution in [3.05, 3.63) is 29.6 Å². The highest BCUT2D eigenvalue weighted by Gasteiger charge is 2.38. The monoisotopic (exact) mass is 195 g/mol. The van der Waals surface area contributed by atoms with Crippen LogP contribution in [-0.4, -0.2) is 13.7 Å². The van der Waals surface area contributed by atoms with Crippen LogP contribution in [-0.2, 0) is 0 Å². The Morgan fingerprint density at radius 2 is 2.36 bits per heavy atom. The van der Waals surface area contributed by atoms with E-state index in [1.54, 1.807) is 19.2 Å². The van der Waals surface area contributed by atoms with Gasteiger partial charge in [0.1, 0.15) is 11.6 Å². The summed E-state index contributed by atoms with van der Waals surface area (Å²) in [6.45, 7) is 0.640. The molecule has 76 valence electrons. The molecule has 2 N–H and O–H groups in total. The predicted octanol–water partition coefficient (Wildman–Crippen LogP) is 1.90. The van der Waals surface area contributed by atoms with E-state index in [0.29, 0.717) is 24.1 Å². The van der Waals surface area contributed by atoms with Crippen molar-refractivity contribution in [3.63, 3.8) is 0 Å². The molecule has 2 atom stereocenters. The molecule has 0 unspecified atom stereocenters. The van der Waals surface area contributed by atoms with Gasteiger partial charge in [0.15, 0.2) is 0 Å². The van der Waals surface area contributed by atoms with Gasteiger partial charge in [0, 0.05) is 0 Å². The van der Waals surface area contributed by atoms with Crippen LogP contribution in [0.1, 0.15) is 17.9 Å². The van der Waals surface area contributed by atoms with Crippen LogP contribution in [0.5, 0.6) is 5.75 Å². The molecule has 0 aliphatic heterocycles. The Morgan fingerprint density at radius 1 is 1.57 bits per heavy atom. The number of hydrogen-bond acceptors (Lipinski definition) is 2. The van der Waals surface area contributed by atoms with Crippen molar-refractivity contribution in [3.8, 4) is 5.75 Å². The fourth-order valence-electron chi connectivity index (χ4n) is 1.82. The van der Waals surface area contributed by atoms with Gasteiger partial charge >= 0.3 is 0 Å². The Bertz CT molecular complexity index is 340. The molecule has 14 heavy (non-hydrogen) atoms. The van der Waals surface area contributed by atoms with Gasteiger partial charge in [0.2, 0.25) is 0 Å². The van der Waals surface area contributed by atoms with Gasteiger partial charge in [-0.1, -0.05) is 0 Å². The third kappa shape index (κ3) is 1.60. The van der Waals surface area contributed by atoms with Crippen LogP contribution in [0.2, 0.25) is 0 Å². The number of methoxy groups -OCH3 is 1. The second kappa shape index (κ2) is 3.58. The fraction of sp³-hybridized carbons (Fsp3) is 0.455. The first-order valence-corrected chi connectivity index (χ1v) is 4.79. The van der Waals surface area contributed by atoms with Crippen LogP contribution in [0.3, 0.4) is 0 Å². The summed E-state index contributed by atoms with van der Waals surface area (Å²) in [7, 11) is 1.59. The van der Waals surface area contributed by atoms with E-state index in [4.69, 9.17) is 10.5 Å². The van der Waals surface area contributed by atoms with Gasteiger partial charge < -0.3 is 10.5 Å². The molecule has 0 bridgehead atoms. The standard InChI is InChI=1S/C11H14FNO/c1-14-8-2-3-11(12)10(5-8)9-4-7(9)6-13/h2-3,5,7,9H,4,6,13H2,1H3/t7-,9+/m0/s1. The average Bonchev–Trinajstić information content (AvgIpc) is 2.98. The third-order valence-corrected chi connectivity index (χ3v) is 2.83. The summed E-state index contributed by atoms with van der Waals surface area (Å²) in [5, 5.41) is 0. The minimum atomic E-state index is -0.147. The smallest absolute Gasteiger partial charge is 0.126 e. The molecular weight excluding hydrogens is 181 g/mol. The summed E-state index contributed by atoms with van der Waals surface area (Å²) >= 11 is 0. The van der Waals surface area contributed by atoms with Crippen LogP contribution in [0, 0.1) is 11.7 Å². The lowest BCUT2D eigenvalue weighted by atomic mass is 10.1. The van der Waals surface area contributed by atoms with Gasteiger partial charge in [-0.25, -0.2) is 4.39 Å². The zero-order valence-corrected chi connectivity index (χ0v) is 8.16. The van der Waals surface area contributed by atoms with Crippen molar-refractivity contribution in [1.29, 1.82) is 0 Å². The number of hydrogen-bond donors (Lipinski definition) is 1. The van der Waals surface area contributed by atoms with E-state index < -0.39 is 0 Å². The van der Waals surface area contributed by atoms with Crippen molar-refractivity contribution >= 4 is 0 Å². The van der Waals surface area contributed by atoms with Crippen LogP contribution in [0.4, 0.5) is 4.39 Å². The first-order valence-electron chi connectivity index (χ1n) is 4.79. The van der Waals surface area contributed by atoms with E-state index >= 15 is 0 Å². The molecule has 0 spiro atoms. The van der Waals surface area contributed by atoms with Crippen molar-refractivity contribution in [1.82, 2.24) is 0 Å². The molecule has 0 radical (unpaired) electrons. The van der Waals surface area contributed by atoms with Crippen molar-refractivity contribution in [2.24, 2.45) is 11.7 Å². The first-order chi connectivity index (χ1) is 6.76. The molecule has 0 heterocycles. The second-order valence-corrected chi connectivity index (χ2v) is 3.73. The lowest BCUT2D eigenvalue weighted by Gasteiger charge is -2.05. The Hall–Kier alpha value is -1.09. The Morgan fingerprint density at radius 3 is 2.93 bits per heavy atom. The molecule has 0 amide bonds. The number of nitrogens with two attached hydrogens (primary N) is 1. The number of ether oxygens (including phenoxy) is 1. The second-order valence-electron chi connectivity index (χ2n) is 3.73. The van der Waals surface area contributed by atoms with Gasteiger partial charge in [-0.2, -0.15) is 0 Å². The maximum atomic E-state index is 13.4. The molecule has 1 aromatic carbocycles. The quantitative estimate of drug-likeness (QED) is 0.799. The van der Waals surface area contributed by atoms with Gasteiger partial charge in [-0.3, -0.25) is 0 Å². The highest BCUT2D eigenvalue weighted by atomic mass is 19.1. The van der Waals surface area contributed by atoms with Crippen LogP contribution in [0.15, 0.2) is 18.2 Å². The largest absolute Gasteiger partial charge is 0.497 e. The Balaban J connectivity index is 2.24. The molecule has 1 fully saturated rings. The molecule has 3 heteroatoms. The van der Waals surface area contributed by atoms with Gasteiger partial charge in [-0.05, 0) is 48.6 Å². The van der Waals surface area contributed by atoms with E-state index in [-0.39, 0.29) is 5.82 Å². The number of halogens is 1. The predicted molar refractivity (Wildman–Crippen MR) is 52.9 cm³/mol. The summed E-state index contributed by atoms with van der Waals surface area (Å²) < 4.78 is 18.5. The zero-order chi connectivity index (χ0) is 10.1. The molecule has 0 saturated heterocycles. The zero-order valence-electron chi connectivity index (χ0n) is 8.16. The molecule has 1 saturated carbocycles. The van der Waals surface area contributed by atoms with Crippen molar-refractivity contribution in [2.45, 2.75) is 12.3 Å². The Labute approximate surface area is 82.9 Å². The summed E-state index contributed by atoms with van der Waals surface area (Å²) in [4.78, 5) is 0. The van der Waals surface area contributed by atoms with Crippen molar-refractivity contribution < 1.29 is 9.13 Å². The lowest BCUT2D eigenvalue weighted by molar-refractivity contribution is 0.412. The highest BCUT2D eigenvalue weighted by molar-refractivity contribution is 5.35. The fourth-order valence-corrected chi connectivity index (χ4v) is 1.82. The maximum Gasteiger partial charge on any atom is 0.126 e. The van der Waals surface area contributed by atoms with Crippen LogP contribution < -0.4 is 10.5 Å². The van der Waals surface area contributed by atoms with E-state index in [1.807, 2.05) is 0 Å². The Kier molecular flexibility index (Phi) is 2.42. The van der Waals surface area contributed by atoms with Gasteiger partial charge in [0.25, 0.3) is 0 Å². The molecule has 2 nitrogen and oxygen atoms in total. The normalized spacial score (nSPS) is 24.8. The molecule has 0 aromatic heterocycles. The molecule has 2 rings (SSSR count). The minimum Gasteiger partial charge on any atom is -0.497 e. The lowest BCUT2D eigenvalue weighted by Crippen LogP contribution is -2.02. The molecule has 1 aliphatic carbocycles. The molecule has 1 aromatic rings. The van der Waals surface area contributed by atoms with Gasteiger partial charge in [0.05, 0.1) is 7.11 Å². The van der Waals surface area contributed by atoms with Crippen molar-refractivity contribution in [2.75, 3.05) is 13.7 Å². The average molecular weight is 195 g/mol. The first kappa shape index (κ1) is 9.46.